The Morgan fingerprint density at radius 2 is 2.19 bits per heavy atom. The van der Waals surface area contributed by atoms with E-state index in [9.17, 15) is 18.0 Å². The van der Waals surface area contributed by atoms with Gasteiger partial charge in [-0.2, -0.15) is 13.2 Å². The van der Waals surface area contributed by atoms with E-state index in [2.05, 4.69) is 15.3 Å². The lowest BCUT2D eigenvalue weighted by Gasteiger charge is -2.13. The van der Waals surface area contributed by atoms with Crippen molar-refractivity contribution in [1.82, 2.24) is 15.3 Å². The first-order valence-electron chi connectivity index (χ1n) is 6.07. The van der Waals surface area contributed by atoms with Crippen molar-refractivity contribution in [3.8, 4) is 0 Å². The molecule has 2 aromatic heterocycles. The van der Waals surface area contributed by atoms with E-state index < -0.39 is 17.9 Å². The summed E-state index contributed by atoms with van der Waals surface area (Å²) in [6.45, 7) is 3.55. The molecular formula is C12H12F3N3OS2. The van der Waals surface area contributed by atoms with E-state index in [0.29, 0.717) is 11.3 Å². The van der Waals surface area contributed by atoms with Crippen molar-refractivity contribution in [2.75, 3.05) is 0 Å². The van der Waals surface area contributed by atoms with E-state index in [1.165, 1.54) is 17.5 Å². The van der Waals surface area contributed by atoms with Crippen LogP contribution in [0.3, 0.4) is 0 Å². The molecule has 1 atom stereocenters. The zero-order valence-corrected chi connectivity index (χ0v) is 12.8. The molecule has 9 heteroatoms. The summed E-state index contributed by atoms with van der Waals surface area (Å²) in [5.74, 6) is -0.351. The Morgan fingerprint density at radius 3 is 2.67 bits per heavy atom. The fourth-order valence-electron chi connectivity index (χ4n) is 1.61. The van der Waals surface area contributed by atoms with Crippen LogP contribution in [0.25, 0.3) is 0 Å². The summed E-state index contributed by atoms with van der Waals surface area (Å²) in [6, 6.07) is -0.541. The number of rotatable bonds is 4. The summed E-state index contributed by atoms with van der Waals surface area (Å²) in [5.41, 5.74) is -0.927. The summed E-state index contributed by atoms with van der Waals surface area (Å²) < 4.78 is 37.6. The van der Waals surface area contributed by atoms with E-state index in [4.69, 9.17) is 0 Å². The zero-order chi connectivity index (χ0) is 15.6. The molecule has 0 aliphatic heterocycles. The SMILES string of the molecule is CC[C@@H](NC(=O)c1cnc(C)s1)c1nc(C(F)(F)F)cs1. The smallest absolute Gasteiger partial charge is 0.342 e. The molecule has 2 rings (SSSR count). The summed E-state index contributed by atoms with van der Waals surface area (Å²) in [4.78, 5) is 20.0. The second kappa shape index (κ2) is 6.10. The number of hydrogen-bond acceptors (Lipinski definition) is 5. The average Bonchev–Trinajstić information content (AvgIpc) is 3.03. The Labute approximate surface area is 127 Å². The topological polar surface area (TPSA) is 54.9 Å². The Balaban J connectivity index is 2.13. The Bertz CT molecular complexity index is 636. The van der Waals surface area contributed by atoms with Gasteiger partial charge in [0.2, 0.25) is 0 Å². The summed E-state index contributed by atoms with van der Waals surface area (Å²) in [7, 11) is 0. The van der Waals surface area contributed by atoms with Crippen LogP contribution in [0.1, 0.15) is 44.8 Å². The highest BCUT2D eigenvalue weighted by Gasteiger charge is 2.34. The second-order valence-electron chi connectivity index (χ2n) is 4.25. The number of aryl methyl sites for hydroxylation is 1. The van der Waals surface area contributed by atoms with Gasteiger partial charge in [-0.3, -0.25) is 4.79 Å². The fraction of sp³-hybridized carbons (Fsp3) is 0.417. The molecule has 0 radical (unpaired) electrons. The number of alkyl halides is 3. The molecule has 21 heavy (non-hydrogen) atoms. The Morgan fingerprint density at radius 1 is 1.48 bits per heavy atom. The largest absolute Gasteiger partial charge is 0.434 e. The number of carbonyl (C=O) groups is 1. The Hall–Kier alpha value is -1.48. The first-order chi connectivity index (χ1) is 9.81. The van der Waals surface area contributed by atoms with Crippen molar-refractivity contribution >= 4 is 28.6 Å². The minimum atomic E-state index is -4.47. The number of nitrogens with zero attached hydrogens (tertiary/aromatic N) is 2. The van der Waals surface area contributed by atoms with Crippen molar-refractivity contribution < 1.29 is 18.0 Å². The van der Waals surface area contributed by atoms with Gasteiger partial charge in [-0.1, -0.05) is 6.92 Å². The summed E-state index contributed by atoms with van der Waals surface area (Å²) in [5, 5.41) is 4.65. The predicted molar refractivity (Wildman–Crippen MR) is 74.5 cm³/mol. The molecule has 0 unspecified atom stereocenters. The van der Waals surface area contributed by atoms with Gasteiger partial charge in [0, 0.05) is 5.38 Å². The van der Waals surface area contributed by atoms with Gasteiger partial charge in [-0.05, 0) is 13.3 Å². The van der Waals surface area contributed by atoms with Crippen LogP contribution in [-0.4, -0.2) is 15.9 Å². The van der Waals surface area contributed by atoms with Gasteiger partial charge in [0.05, 0.1) is 17.2 Å². The standard InChI is InChI=1S/C12H12F3N3OS2/c1-3-7(11-18-9(5-20-11)12(13,14)15)17-10(19)8-4-16-6(2)21-8/h4-5,7H,3H2,1-2H3,(H,17,19)/t7-/m1/s1. The zero-order valence-electron chi connectivity index (χ0n) is 11.2. The first-order valence-corrected chi connectivity index (χ1v) is 7.76. The maximum absolute atomic E-state index is 12.5. The minimum Gasteiger partial charge on any atom is -0.342 e. The molecule has 0 saturated carbocycles. The van der Waals surface area contributed by atoms with Crippen molar-refractivity contribution in [2.45, 2.75) is 32.5 Å². The summed E-state index contributed by atoms with van der Waals surface area (Å²) >= 11 is 2.13. The number of thiazole rings is 2. The van der Waals surface area contributed by atoms with Crippen LogP contribution in [0.2, 0.25) is 0 Å². The predicted octanol–water partition coefficient (Wildman–Crippen LogP) is 3.81. The van der Waals surface area contributed by atoms with Gasteiger partial charge < -0.3 is 5.32 Å². The van der Waals surface area contributed by atoms with Crippen LogP contribution in [0.4, 0.5) is 13.2 Å². The van der Waals surface area contributed by atoms with E-state index in [0.717, 1.165) is 21.7 Å². The summed E-state index contributed by atoms with van der Waals surface area (Å²) in [6.07, 6.45) is -2.56. The van der Waals surface area contributed by atoms with Crippen LogP contribution in [-0.2, 0) is 6.18 Å². The van der Waals surface area contributed by atoms with Gasteiger partial charge >= 0.3 is 6.18 Å². The maximum atomic E-state index is 12.5. The molecule has 0 aliphatic carbocycles. The number of nitrogens with one attached hydrogen (secondary N) is 1. The van der Waals surface area contributed by atoms with Crippen molar-refractivity contribution in [3.05, 3.63) is 32.2 Å². The molecule has 0 bridgehead atoms. The normalized spacial score (nSPS) is 13.2. The van der Waals surface area contributed by atoms with Crippen LogP contribution >= 0.6 is 22.7 Å². The Kier molecular flexibility index (Phi) is 4.62. The van der Waals surface area contributed by atoms with E-state index in [1.54, 1.807) is 13.8 Å². The highest BCUT2D eigenvalue weighted by atomic mass is 32.1. The molecule has 1 N–H and O–H groups in total. The van der Waals surface area contributed by atoms with Crippen LogP contribution in [0.15, 0.2) is 11.6 Å². The molecule has 0 aliphatic rings. The number of aromatic nitrogens is 2. The van der Waals surface area contributed by atoms with E-state index in [1.807, 2.05) is 0 Å². The van der Waals surface area contributed by atoms with Crippen LogP contribution in [0, 0.1) is 6.92 Å². The van der Waals surface area contributed by atoms with Gasteiger partial charge in [0.25, 0.3) is 5.91 Å². The van der Waals surface area contributed by atoms with Gasteiger partial charge in [-0.15, -0.1) is 22.7 Å². The first kappa shape index (κ1) is 15.9. The van der Waals surface area contributed by atoms with Gasteiger partial charge in [0.1, 0.15) is 9.88 Å². The van der Waals surface area contributed by atoms with Crippen molar-refractivity contribution in [3.63, 3.8) is 0 Å². The van der Waals surface area contributed by atoms with E-state index >= 15 is 0 Å². The number of carbonyl (C=O) groups excluding carboxylic acids is 1. The lowest BCUT2D eigenvalue weighted by Crippen LogP contribution is -2.27. The molecular weight excluding hydrogens is 323 g/mol. The molecule has 2 aromatic rings. The quantitative estimate of drug-likeness (QED) is 0.924. The third kappa shape index (κ3) is 3.79. The maximum Gasteiger partial charge on any atom is 0.434 e. The van der Waals surface area contributed by atoms with Crippen LogP contribution < -0.4 is 5.32 Å². The number of amides is 1. The van der Waals surface area contributed by atoms with Crippen LogP contribution in [0.5, 0.6) is 0 Å². The minimum absolute atomic E-state index is 0.249. The molecule has 2 heterocycles. The highest BCUT2D eigenvalue weighted by Crippen LogP contribution is 2.32. The van der Waals surface area contributed by atoms with Crippen molar-refractivity contribution in [2.24, 2.45) is 0 Å². The molecule has 114 valence electrons. The molecule has 4 nitrogen and oxygen atoms in total. The van der Waals surface area contributed by atoms with Crippen molar-refractivity contribution in [1.29, 1.82) is 0 Å². The van der Waals surface area contributed by atoms with Gasteiger partial charge in [-0.25, -0.2) is 9.97 Å². The van der Waals surface area contributed by atoms with Gasteiger partial charge in [0.15, 0.2) is 5.69 Å². The molecule has 0 spiro atoms. The fourth-order valence-corrected chi connectivity index (χ4v) is 3.25. The second-order valence-corrected chi connectivity index (χ2v) is 6.37. The monoisotopic (exact) mass is 335 g/mol. The lowest BCUT2D eigenvalue weighted by atomic mass is 10.2. The molecule has 1 amide bonds. The molecule has 0 saturated heterocycles. The van der Waals surface area contributed by atoms with E-state index in [-0.39, 0.29) is 10.9 Å². The number of halogens is 3. The highest BCUT2D eigenvalue weighted by molar-refractivity contribution is 7.13. The lowest BCUT2D eigenvalue weighted by molar-refractivity contribution is -0.140. The average molecular weight is 335 g/mol. The molecule has 0 aromatic carbocycles. The molecule has 0 fully saturated rings. The number of hydrogen-bond donors (Lipinski definition) is 1. The third-order valence-electron chi connectivity index (χ3n) is 2.67. The third-order valence-corrected chi connectivity index (χ3v) is 4.54.